The smallest absolute Gasteiger partial charge is 0.245 e. The molecule has 2 aromatic rings. The SMILES string of the molecule is CC(C(=O)N1CCCCC1)n1c(-c2cccs2)n[nH]c1=S. The Balaban J connectivity index is 1.91. The summed E-state index contributed by atoms with van der Waals surface area (Å²) in [7, 11) is 0. The maximum Gasteiger partial charge on any atom is 0.245 e. The summed E-state index contributed by atoms with van der Waals surface area (Å²) in [5.41, 5.74) is 0. The van der Waals surface area contributed by atoms with E-state index in [1.807, 2.05) is 33.9 Å². The van der Waals surface area contributed by atoms with Crippen LogP contribution in [-0.4, -0.2) is 38.7 Å². The van der Waals surface area contributed by atoms with Gasteiger partial charge in [0.15, 0.2) is 10.6 Å². The van der Waals surface area contributed by atoms with Crippen molar-refractivity contribution in [2.45, 2.75) is 32.2 Å². The first kappa shape index (κ1) is 14.5. The predicted octanol–water partition coefficient (Wildman–Crippen LogP) is 3.24. The van der Waals surface area contributed by atoms with Crippen molar-refractivity contribution in [1.82, 2.24) is 19.7 Å². The van der Waals surface area contributed by atoms with E-state index in [-0.39, 0.29) is 11.9 Å². The molecule has 21 heavy (non-hydrogen) atoms. The monoisotopic (exact) mass is 322 g/mol. The number of piperidine rings is 1. The van der Waals surface area contributed by atoms with E-state index in [1.54, 1.807) is 11.3 Å². The molecule has 112 valence electrons. The zero-order valence-corrected chi connectivity index (χ0v) is 13.5. The number of aromatic amines is 1. The molecule has 0 aliphatic carbocycles. The highest BCUT2D eigenvalue weighted by Crippen LogP contribution is 2.26. The van der Waals surface area contributed by atoms with E-state index in [0.717, 1.165) is 36.6 Å². The van der Waals surface area contributed by atoms with E-state index in [0.29, 0.717) is 4.77 Å². The van der Waals surface area contributed by atoms with Crippen molar-refractivity contribution in [1.29, 1.82) is 0 Å². The van der Waals surface area contributed by atoms with Crippen LogP contribution >= 0.6 is 23.6 Å². The summed E-state index contributed by atoms with van der Waals surface area (Å²) in [5.74, 6) is 0.873. The first-order valence-corrected chi connectivity index (χ1v) is 8.47. The van der Waals surface area contributed by atoms with Crippen molar-refractivity contribution < 1.29 is 4.79 Å². The third-order valence-corrected chi connectivity index (χ3v) is 5.01. The number of carbonyl (C=O) groups is 1. The van der Waals surface area contributed by atoms with Crippen LogP contribution in [0, 0.1) is 4.77 Å². The van der Waals surface area contributed by atoms with E-state index in [9.17, 15) is 4.79 Å². The predicted molar refractivity (Wildman–Crippen MR) is 85.9 cm³/mol. The van der Waals surface area contributed by atoms with Crippen molar-refractivity contribution in [2.24, 2.45) is 0 Å². The van der Waals surface area contributed by atoms with Crippen molar-refractivity contribution in [3.05, 3.63) is 22.3 Å². The quantitative estimate of drug-likeness (QED) is 0.883. The molecule has 1 aliphatic heterocycles. The van der Waals surface area contributed by atoms with Crippen molar-refractivity contribution in [3.8, 4) is 10.7 Å². The second-order valence-electron chi connectivity index (χ2n) is 5.26. The van der Waals surface area contributed by atoms with Crippen LogP contribution < -0.4 is 0 Å². The third kappa shape index (κ3) is 2.80. The van der Waals surface area contributed by atoms with Crippen LogP contribution in [-0.2, 0) is 4.79 Å². The second-order valence-corrected chi connectivity index (χ2v) is 6.60. The molecule has 1 aliphatic rings. The summed E-state index contributed by atoms with van der Waals surface area (Å²) < 4.78 is 2.33. The van der Waals surface area contributed by atoms with Crippen LogP contribution in [0.2, 0.25) is 0 Å². The number of nitrogens with zero attached hydrogens (tertiary/aromatic N) is 3. The summed E-state index contributed by atoms with van der Waals surface area (Å²) >= 11 is 6.92. The van der Waals surface area contributed by atoms with E-state index in [1.165, 1.54) is 6.42 Å². The lowest BCUT2D eigenvalue weighted by molar-refractivity contribution is -0.135. The Morgan fingerprint density at radius 2 is 2.19 bits per heavy atom. The topological polar surface area (TPSA) is 53.9 Å². The number of hydrogen-bond donors (Lipinski definition) is 1. The molecule has 3 heterocycles. The van der Waals surface area contributed by atoms with Gasteiger partial charge in [0.1, 0.15) is 6.04 Å². The zero-order chi connectivity index (χ0) is 14.8. The van der Waals surface area contributed by atoms with Crippen molar-refractivity contribution >= 4 is 29.5 Å². The summed E-state index contributed by atoms with van der Waals surface area (Å²) in [6.07, 6.45) is 3.39. The highest BCUT2D eigenvalue weighted by atomic mass is 32.1. The van der Waals surface area contributed by atoms with Gasteiger partial charge in [-0.15, -0.1) is 11.3 Å². The number of H-pyrrole nitrogens is 1. The molecule has 0 spiro atoms. The highest BCUT2D eigenvalue weighted by Gasteiger charge is 2.26. The van der Waals surface area contributed by atoms with Gasteiger partial charge in [0, 0.05) is 13.1 Å². The van der Waals surface area contributed by atoms with Gasteiger partial charge < -0.3 is 4.90 Å². The summed E-state index contributed by atoms with van der Waals surface area (Å²) in [6.45, 7) is 3.60. The van der Waals surface area contributed by atoms with E-state index < -0.39 is 0 Å². The molecular weight excluding hydrogens is 304 g/mol. The van der Waals surface area contributed by atoms with E-state index in [4.69, 9.17) is 12.2 Å². The molecule has 5 nitrogen and oxygen atoms in total. The average Bonchev–Trinajstić information content (AvgIpc) is 3.16. The second kappa shape index (κ2) is 6.11. The molecule has 0 aromatic carbocycles. The van der Waals surface area contributed by atoms with Gasteiger partial charge in [-0.2, -0.15) is 5.10 Å². The largest absolute Gasteiger partial charge is 0.341 e. The molecule has 0 bridgehead atoms. The van der Waals surface area contributed by atoms with Gasteiger partial charge in [-0.1, -0.05) is 6.07 Å². The molecule has 1 amide bonds. The van der Waals surface area contributed by atoms with E-state index >= 15 is 0 Å². The van der Waals surface area contributed by atoms with Crippen molar-refractivity contribution in [3.63, 3.8) is 0 Å². The fraction of sp³-hybridized carbons (Fsp3) is 0.500. The molecule has 1 fully saturated rings. The lowest BCUT2D eigenvalue weighted by Crippen LogP contribution is -2.39. The molecule has 1 atom stereocenters. The van der Waals surface area contributed by atoms with Gasteiger partial charge in [-0.3, -0.25) is 14.5 Å². The lowest BCUT2D eigenvalue weighted by atomic mass is 10.1. The first-order valence-electron chi connectivity index (χ1n) is 7.18. The summed E-state index contributed by atoms with van der Waals surface area (Å²) in [6, 6.07) is 3.63. The Kier molecular flexibility index (Phi) is 4.21. The van der Waals surface area contributed by atoms with Crippen molar-refractivity contribution in [2.75, 3.05) is 13.1 Å². The minimum Gasteiger partial charge on any atom is -0.341 e. The molecule has 3 rings (SSSR count). The average molecular weight is 322 g/mol. The van der Waals surface area contributed by atoms with E-state index in [2.05, 4.69) is 10.2 Å². The Labute approximate surface area is 132 Å². The minimum atomic E-state index is -0.327. The number of carbonyl (C=O) groups excluding carboxylic acids is 1. The maximum atomic E-state index is 12.7. The standard InChI is InChI=1S/C14H18N4OS2/c1-10(13(19)17-7-3-2-4-8-17)18-12(15-16-14(18)20)11-6-5-9-21-11/h5-6,9-10H,2-4,7-8H2,1H3,(H,16,20). The summed E-state index contributed by atoms with van der Waals surface area (Å²) in [5, 5.41) is 9.10. The number of rotatable bonds is 3. The number of hydrogen-bond acceptors (Lipinski definition) is 4. The fourth-order valence-electron chi connectivity index (χ4n) is 2.73. The van der Waals surface area contributed by atoms with Gasteiger partial charge in [-0.25, -0.2) is 0 Å². The molecule has 0 saturated carbocycles. The zero-order valence-electron chi connectivity index (χ0n) is 11.9. The van der Waals surface area contributed by atoms with Gasteiger partial charge in [0.25, 0.3) is 0 Å². The molecule has 1 unspecified atom stereocenters. The number of nitrogens with one attached hydrogen (secondary N) is 1. The Morgan fingerprint density at radius 1 is 1.43 bits per heavy atom. The Hall–Kier alpha value is -1.47. The lowest BCUT2D eigenvalue weighted by Gasteiger charge is -2.29. The number of amides is 1. The number of likely N-dealkylation sites (tertiary alicyclic amines) is 1. The van der Waals surface area contributed by atoms with Crippen LogP contribution in [0.15, 0.2) is 17.5 Å². The molecule has 2 aromatic heterocycles. The Morgan fingerprint density at radius 3 is 2.86 bits per heavy atom. The molecule has 7 heteroatoms. The van der Waals surface area contributed by atoms with Gasteiger partial charge in [0.05, 0.1) is 4.88 Å². The first-order chi connectivity index (χ1) is 10.2. The van der Waals surface area contributed by atoms with Gasteiger partial charge >= 0.3 is 0 Å². The molecular formula is C14H18N4OS2. The minimum absolute atomic E-state index is 0.130. The molecule has 1 saturated heterocycles. The third-order valence-electron chi connectivity index (χ3n) is 3.86. The van der Waals surface area contributed by atoms with Crippen LogP contribution in [0.4, 0.5) is 0 Å². The summed E-state index contributed by atoms with van der Waals surface area (Å²) in [4.78, 5) is 15.7. The van der Waals surface area contributed by atoms with Gasteiger partial charge in [0.2, 0.25) is 5.91 Å². The number of thiophene rings is 1. The normalized spacial score (nSPS) is 16.9. The maximum absolute atomic E-state index is 12.7. The fourth-order valence-corrected chi connectivity index (χ4v) is 3.73. The Bertz CT molecular complexity index is 667. The van der Waals surface area contributed by atoms with Crippen LogP contribution in [0.3, 0.4) is 0 Å². The van der Waals surface area contributed by atoms with Gasteiger partial charge in [-0.05, 0) is 49.9 Å². The van der Waals surface area contributed by atoms with Crippen LogP contribution in [0.25, 0.3) is 10.7 Å². The number of aromatic nitrogens is 3. The highest BCUT2D eigenvalue weighted by molar-refractivity contribution is 7.71. The molecule has 1 N–H and O–H groups in total. The van der Waals surface area contributed by atoms with Crippen LogP contribution in [0.5, 0.6) is 0 Å². The van der Waals surface area contributed by atoms with Crippen LogP contribution in [0.1, 0.15) is 32.2 Å². The molecule has 0 radical (unpaired) electrons.